The Kier molecular flexibility index (Phi) is 7.65. The Hall–Kier alpha value is -3.80. The van der Waals surface area contributed by atoms with Crippen LogP contribution in [-0.2, 0) is 11.2 Å². The summed E-state index contributed by atoms with van der Waals surface area (Å²) >= 11 is 0. The lowest BCUT2D eigenvalue weighted by Gasteiger charge is -2.12. The molecule has 3 rings (SSSR count). The number of benzene rings is 3. The molecular weight excluding hydrogens is 392 g/mol. The van der Waals surface area contributed by atoms with E-state index in [0.717, 1.165) is 23.1 Å². The second-order valence-corrected chi connectivity index (χ2v) is 6.96. The second-order valence-electron chi connectivity index (χ2n) is 6.96. The summed E-state index contributed by atoms with van der Waals surface area (Å²) in [6.45, 7) is 2.57. The minimum atomic E-state index is -0.437. The van der Waals surface area contributed by atoms with E-state index in [4.69, 9.17) is 9.47 Å². The van der Waals surface area contributed by atoms with E-state index in [1.54, 1.807) is 18.2 Å². The van der Waals surface area contributed by atoms with Crippen LogP contribution >= 0.6 is 0 Å². The van der Waals surface area contributed by atoms with Crippen LogP contribution in [0.15, 0.2) is 72.8 Å². The van der Waals surface area contributed by atoms with Gasteiger partial charge in [0.15, 0.2) is 11.5 Å². The molecule has 160 valence electrons. The van der Waals surface area contributed by atoms with Crippen LogP contribution in [0.25, 0.3) is 11.1 Å². The number of ether oxygens (including phenoxy) is 2. The molecule has 2 amide bonds. The lowest BCUT2D eigenvalue weighted by Crippen LogP contribution is -2.42. The summed E-state index contributed by atoms with van der Waals surface area (Å²) in [5.74, 6) is 0.290. The largest absolute Gasteiger partial charge is 0.493 e. The first-order valence-corrected chi connectivity index (χ1v) is 10.1. The zero-order valence-corrected chi connectivity index (χ0v) is 17.7. The van der Waals surface area contributed by atoms with Crippen LogP contribution in [0.3, 0.4) is 0 Å². The molecule has 0 spiro atoms. The molecule has 0 aliphatic heterocycles. The van der Waals surface area contributed by atoms with E-state index in [9.17, 15) is 9.59 Å². The Balaban J connectivity index is 1.54. The maximum Gasteiger partial charge on any atom is 0.269 e. The van der Waals surface area contributed by atoms with Crippen molar-refractivity contribution in [3.8, 4) is 22.6 Å². The standard InChI is InChI=1S/C25H26N2O4/c1-3-15-31-22-14-13-21(17-23(22)30-2)25(29)27-26-24(28)16-18-9-11-20(12-10-18)19-7-5-4-6-8-19/h4-14,17H,3,15-16H2,1-2H3,(H,26,28)(H,27,29). The highest BCUT2D eigenvalue weighted by Crippen LogP contribution is 2.28. The highest BCUT2D eigenvalue weighted by atomic mass is 16.5. The van der Waals surface area contributed by atoms with Crippen molar-refractivity contribution < 1.29 is 19.1 Å². The number of hydrazine groups is 1. The van der Waals surface area contributed by atoms with Gasteiger partial charge < -0.3 is 9.47 Å². The van der Waals surface area contributed by atoms with Crippen LogP contribution in [0.2, 0.25) is 0 Å². The van der Waals surface area contributed by atoms with E-state index >= 15 is 0 Å². The molecule has 6 heteroatoms. The number of carbonyl (C=O) groups excluding carboxylic acids is 2. The van der Waals surface area contributed by atoms with E-state index in [0.29, 0.717) is 23.7 Å². The Morgan fingerprint density at radius 1 is 0.839 bits per heavy atom. The lowest BCUT2D eigenvalue weighted by molar-refractivity contribution is -0.121. The van der Waals surface area contributed by atoms with Crippen LogP contribution in [0.4, 0.5) is 0 Å². The number of nitrogens with one attached hydrogen (secondary N) is 2. The zero-order chi connectivity index (χ0) is 22.1. The van der Waals surface area contributed by atoms with Gasteiger partial charge in [-0.1, -0.05) is 61.5 Å². The SMILES string of the molecule is CCCOc1ccc(C(=O)NNC(=O)Cc2ccc(-c3ccccc3)cc2)cc1OC. The van der Waals surface area contributed by atoms with Crippen molar-refractivity contribution in [2.24, 2.45) is 0 Å². The molecule has 0 saturated carbocycles. The third-order valence-corrected chi connectivity index (χ3v) is 4.63. The van der Waals surface area contributed by atoms with E-state index in [1.807, 2.05) is 61.5 Å². The molecule has 0 saturated heterocycles. The summed E-state index contributed by atoms with van der Waals surface area (Å²) < 4.78 is 10.9. The summed E-state index contributed by atoms with van der Waals surface area (Å²) in [6.07, 6.45) is 1.02. The first kappa shape index (κ1) is 21.9. The molecule has 31 heavy (non-hydrogen) atoms. The third-order valence-electron chi connectivity index (χ3n) is 4.63. The van der Waals surface area contributed by atoms with Crippen LogP contribution in [0.1, 0.15) is 29.3 Å². The van der Waals surface area contributed by atoms with Crippen molar-refractivity contribution in [2.45, 2.75) is 19.8 Å². The maximum atomic E-state index is 12.4. The summed E-state index contributed by atoms with van der Waals surface area (Å²) in [7, 11) is 1.51. The number of hydrogen-bond donors (Lipinski definition) is 2. The van der Waals surface area contributed by atoms with Crippen LogP contribution in [0, 0.1) is 0 Å². The predicted molar refractivity (Wildman–Crippen MR) is 120 cm³/mol. The Bertz CT molecular complexity index is 1020. The van der Waals surface area contributed by atoms with Crippen molar-refractivity contribution in [1.29, 1.82) is 0 Å². The van der Waals surface area contributed by atoms with Crippen molar-refractivity contribution in [3.63, 3.8) is 0 Å². The summed E-state index contributed by atoms with van der Waals surface area (Å²) in [5.41, 5.74) is 8.29. The molecule has 0 aliphatic carbocycles. The van der Waals surface area contributed by atoms with Gasteiger partial charge in [-0.05, 0) is 41.3 Å². The molecule has 0 fully saturated rings. The van der Waals surface area contributed by atoms with E-state index in [1.165, 1.54) is 7.11 Å². The zero-order valence-electron chi connectivity index (χ0n) is 17.7. The number of amides is 2. The fourth-order valence-corrected chi connectivity index (χ4v) is 3.01. The van der Waals surface area contributed by atoms with Crippen molar-refractivity contribution in [3.05, 3.63) is 83.9 Å². The summed E-state index contributed by atoms with van der Waals surface area (Å²) in [5, 5.41) is 0. The topological polar surface area (TPSA) is 76.7 Å². The lowest BCUT2D eigenvalue weighted by atomic mass is 10.0. The molecule has 0 radical (unpaired) electrons. The van der Waals surface area contributed by atoms with Gasteiger partial charge >= 0.3 is 0 Å². The highest BCUT2D eigenvalue weighted by Gasteiger charge is 2.12. The molecule has 3 aromatic carbocycles. The monoisotopic (exact) mass is 418 g/mol. The second kappa shape index (κ2) is 10.8. The van der Waals surface area contributed by atoms with Gasteiger partial charge in [0, 0.05) is 5.56 Å². The average Bonchev–Trinajstić information content (AvgIpc) is 2.82. The predicted octanol–water partition coefficient (Wildman–Crippen LogP) is 4.15. The van der Waals surface area contributed by atoms with Crippen molar-refractivity contribution in [1.82, 2.24) is 10.9 Å². The molecular formula is C25H26N2O4. The van der Waals surface area contributed by atoms with Gasteiger partial charge in [0.05, 0.1) is 20.1 Å². The first-order valence-electron chi connectivity index (χ1n) is 10.1. The van der Waals surface area contributed by atoms with Gasteiger partial charge in [-0.2, -0.15) is 0 Å². The number of carbonyl (C=O) groups is 2. The Morgan fingerprint density at radius 3 is 2.23 bits per heavy atom. The Labute approximate surface area is 182 Å². The maximum absolute atomic E-state index is 12.4. The average molecular weight is 418 g/mol. The smallest absolute Gasteiger partial charge is 0.269 e. The molecule has 2 N–H and O–H groups in total. The van der Waals surface area contributed by atoms with Gasteiger partial charge in [0.1, 0.15) is 0 Å². The minimum absolute atomic E-state index is 0.155. The number of hydrogen-bond acceptors (Lipinski definition) is 4. The number of rotatable bonds is 8. The van der Waals surface area contributed by atoms with Gasteiger partial charge in [-0.3, -0.25) is 20.4 Å². The van der Waals surface area contributed by atoms with Gasteiger partial charge in [-0.25, -0.2) is 0 Å². The third kappa shape index (κ3) is 6.09. The molecule has 0 bridgehead atoms. The van der Waals surface area contributed by atoms with Crippen molar-refractivity contribution in [2.75, 3.05) is 13.7 Å². The molecule has 0 heterocycles. The van der Waals surface area contributed by atoms with Crippen LogP contribution in [0.5, 0.6) is 11.5 Å². The minimum Gasteiger partial charge on any atom is -0.493 e. The molecule has 6 nitrogen and oxygen atoms in total. The van der Waals surface area contributed by atoms with E-state index in [2.05, 4.69) is 10.9 Å². The fourth-order valence-electron chi connectivity index (χ4n) is 3.01. The van der Waals surface area contributed by atoms with E-state index < -0.39 is 5.91 Å². The first-order chi connectivity index (χ1) is 15.1. The quantitative estimate of drug-likeness (QED) is 0.539. The molecule has 0 atom stereocenters. The Morgan fingerprint density at radius 2 is 1.55 bits per heavy atom. The van der Waals surface area contributed by atoms with Crippen LogP contribution < -0.4 is 20.3 Å². The van der Waals surface area contributed by atoms with Gasteiger partial charge in [-0.15, -0.1) is 0 Å². The summed E-state index contributed by atoms with van der Waals surface area (Å²) in [4.78, 5) is 24.6. The summed E-state index contributed by atoms with van der Waals surface area (Å²) in [6, 6.07) is 22.7. The van der Waals surface area contributed by atoms with E-state index in [-0.39, 0.29) is 12.3 Å². The number of methoxy groups -OCH3 is 1. The normalized spacial score (nSPS) is 10.3. The fraction of sp³-hybridized carbons (Fsp3) is 0.200. The van der Waals surface area contributed by atoms with Crippen molar-refractivity contribution >= 4 is 11.8 Å². The van der Waals surface area contributed by atoms with Gasteiger partial charge in [0.2, 0.25) is 5.91 Å². The van der Waals surface area contributed by atoms with Gasteiger partial charge in [0.25, 0.3) is 5.91 Å². The molecule has 0 aromatic heterocycles. The molecule has 3 aromatic rings. The molecule has 0 unspecified atom stereocenters. The van der Waals surface area contributed by atoms with Crippen LogP contribution in [-0.4, -0.2) is 25.5 Å². The highest BCUT2D eigenvalue weighted by molar-refractivity contribution is 5.96. The molecule has 0 aliphatic rings.